The van der Waals surface area contributed by atoms with Gasteiger partial charge in [0, 0.05) is 26.2 Å². The second kappa shape index (κ2) is 7.32. The Morgan fingerprint density at radius 1 is 1.08 bits per heavy atom. The number of amides is 1. The van der Waals surface area contributed by atoms with Gasteiger partial charge in [0.05, 0.1) is 11.2 Å². The minimum Gasteiger partial charge on any atom is -0.342 e. The number of hydrogen-bond acceptors (Lipinski definition) is 3. The van der Waals surface area contributed by atoms with E-state index in [-0.39, 0.29) is 11.7 Å². The normalized spacial score (nSPS) is 30.4. The molecular weight excluding hydrogens is 324 g/mol. The fraction of sp³-hybridized carbons (Fsp3) is 0.944. The molecule has 3 fully saturated rings. The predicted molar refractivity (Wildman–Crippen MR) is 95.1 cm³/mol. The lowest BCUT2D eigenvalue weighted by molar-refractivity contribution is -0.146. The zero-order chi connectivity index (χ0) is 17.2. The molecule has 1 atom stereocenters. The van der Waals surface area contributed by atoms with Crippen molar-refractivity contribution in [3.05, 3.63) is 0 Å². The van der Waals surface area contributed by atoms with Gasteiger partial charge in [0.15, 0.2) is 0 Å². The summed E-state index contributed by atoms with van der Waals surface area (Å²) in [5.74, 6) is 1.08. The fourth-order valence-electron chi connectivity index (χ4n) is 4.85. The Balaban J connectivity index is 1.66. The number of sulfonamides is 1. The van der Waals surface area contributed by atoms with E-state index in [2.05, 4.69) is 4.90 Å². The molecule has 0 aromatic heterocycles. The predicted octanol–water partition coefficient (Wildman–Crippen LogP) is 2.62. The standard InChI is InChI=1S/C18H32N2O3S/c1-2-13-24(22,23)20-12-10-18(15-20)9-6-11-19(17(18)21)14-16-7-4-3-5-8-16/h16H,2-15H2,1H3. The Kier molecular flexibility index (Phi) is 5.55. The highest BCUT2D eigenvalue weighted by molar-refractivity contribution is 7.89. The van der Waals surface area contributed by atoms with Crippen molar-refractivity contribution >= 4 is 15.9 Å². The molecule has 1 amide bonds. The molecule has 3 rings (SSSR count). The van der Waals surface area contributed by atoms with Gasteiger partial charge in [-0.25, -0.2) is 12.7 Å². The third kappa shape index (κ3) is 3.64. The largest absolute Gasteiger partial charge is 0.342 e. The van der Waals surface area contributed by atoms with Crippen molar-refractivity contribution in [2.75, 3.05) is 31.9 Å². The van der Waals surface area contributed by atoms with E-state index in [1.165, 1.54) is 32.1 Å². The van der Waals surface area contributed by atoms with E-state index in [1.807, 2.05) is 6.92 Å². The van der Waals surface area contributed by atoms with E-state index in [9.17, 15) is 13.2 Å². The summed E-state index contributed by atoms with van der Waals surface area (Å²) in [7, 11) is -3.19. The lowest BCUT2D eigenvalue weighted by Crippen LogP contribution is -2.51. The van der Waals surface area contributed by atoms with Crippen LogP contribution in [0.4, 0.5) is 0 Å². The van der Waals surface area contributed by atoms with Crippen LogP contribution in [0.25, 0.3) is 0 Å². The average molecular weight is 357 g/mol. The topological polar surface area (TPSA) is 57.7 Å². The van der Waals surface area contributed by atoms with Crippen LogP contribution in [0.3, 0.4) is 0 Å². The maximum absolute atomic E-state index is 13.2. The SMILES string of the molecule is CCCS(=O)(=O)N1CCC2(CCCN(CC3CCCCC3)C2=O)C1. The molecule has 0 aromatic carbocycles. The molecule has 1 aliphatic carbocycles. The number of likely N-dealkylation sites (tertiary alicyclic amines) is 1. The van der Waals surface area contributed by atoms with Crippen LogP contribution in [-0.2, 0) is 14.8 Å². The second-order valence-corrected chi connectivity index (χ2v) is 10.1. The van der Waals surface area contributed by atoms with E-state index in [4.69, 9.17) is 0 Å². The van der Waals surface area contributed by atoms with Gasteiger partial charge < -0.3 is 4.90 Å². The van der Waals surface area contributed by atoms with Gasteiger partial charge in [-0.2, -0.15) is 0 Å². The van der Waals surface area contributed by atoms with Crippen LogP contribution in [-0.4, -0.2) is 55.5 Å². The Morgan fingerprint density at radius 3 is 2.54 bits per heavy atom. The zero-order valence-electron chi connectivity index (χ0n) is 15.0. The third-order valence-electron chi connectivity index (χ3n) is 6.20. The van der Waals surface area contributed by atoms with Crippen molar-refractivity contribution in [1.29, 1.82) is 0 Å². The van der Waals surface area contributed by atoms with Crippen molar-refractivity contribution < 1.29 is 13.2 Å². The molecule has 0 radical (unpaired) electrons. The average Bonchev–Trinajstić information content (AvgIpc) is 2.99. The summed E-state index contributed by atoms with van der Waals surface area (Å²) in [6, 6.07) is 0. The first-order chi connectivity index (χ1) is 11.5. The summed E-state index contributed by atoms with van der Waals surface area (Å²) in [6.45, 7) is 4.57. The summed E-state index contributed by atoms with van der Waals surface area (Å²) in [6.07, 6.45) is 9.61. The van der Waals surface area contributed by atoms with Crippen LogP contribution < -0.4 is 0 Å². The lowest BCUT2D eigenvalue weighted by atomic mass is 9.77. The van der Waals surface area contributed by atoms with Gasteiger partial charge in [-0.05, 0) is 44.4 Å². The quantitative estimate of drug-likeness (QED) is 0.761. The van der Waals surface area contributed by atoms with Gasteiger partial charge in [-0.15, -0.1) is 0 Å². The van der Waals surface area contributed by atoms with E-state index in [0.29, 0.717) is 31.8 Å². The van der Waals surface area contributed by atoms with Crippen molar-refractivity contribution in [2.45, 2.75) is 64.7 Å². The minimum atomic E-state index is -3.19. The van der Waals surface area contributed by atoms with Crippen LogP contribution in [0.1, 0.15) is 64.7 Å². The Morgan fingerprint density at radius 2 is 1.83 bits per heavy atom. The van der Waals surface area contributed by atoms with Crippen LogP contribution in [0.5, 0.6) is 0 Å². The fourth-order valence-corrected chi connectivity index (χ4v) is 6.43. The van der Waals surface area contributed by atoms with Crippen LogP contribution in [0, 0.1) is 11.3 Å². The molecule has 3 aliphatic rings. The smallest absolute Gasteiger partial charge is 0.230 e. The zero-order valence-corrected chi connectivity index (χ0v) is 15.8. The molecule has 5 nitrogen and oxygen atoms in total. The minimum absolute atomic E-state index is 0.197. The lowest BCUT2D eigenvalue weighted by Gasteiger charge is -2.41. The third-order valence-corrected chi connectivity index (χ3v) is 8.22. The second-order valence-electron chi connectivity index (χ2n) is 8.04. The molecule has 2 heterocycles. The maximum Gasteiger partial charge on any atom is 0.230 e. The first-order valence-corrected chi connectivity index (χ1v) is 11.3. The first kappa shape index (κ1) is 18.2. The van der Waals surface area contributed by atoms with Crippen molar-refractivity contribution in [2.24, 2.45) is 11.3 Å². The van der Waals surface area contributed by atoms with Crippen LogP contribution in [0.2, 0.25) is 0 Å². The monoisotopic (exact) mass is 356 g/mol. The number of carbonyl (C=O) groups excluding carboxylic acids is 1. The summed E-state index contributed by atoms with van der Waals surface area (Å²) < 4.78 is 26.3. The molecule has 0 aromatic rings. The highest BCUT2D eigenvalue weighted by atomic mass is 32.2. The summed E-state index contributed by atoms with van der Waals surface area (Å²) >= 11 is 0. The van der Waals surface area contributed by atoms with Crippen molar-refractivity contribution in [1.82, 2.24) is 9.21 Å². The summed E-state index contributed by atoms with van der Waals surface area (Å²) in [5.41, 5.74) is -0.437. The van der Waals surface area contributed by atoms with E-state index in [1.54, 1.807) is 4.31 Å². The Labute approximate surface area is 146 Å². The van der Waals surface area contributed by atoms with E-state index >= 15 is 0 Å². The van der Waals surface area contributed by atoms with Crippen LogP contribution >= 0.6 is 0 Å². The van der Waals surface area contributed by atoms with Crippen LogP contribution in [0.15, 0.2) is 0 Å². The Hall–Kier alpha value is -0.620. The Bertz CT molecular complexity index is 557. The molecule has 1 spiro atoms. The molecule has 0 bridgehead atoms. The number of carbonyl (C=O) groups is 1. The van der Waals surface area contributed by atoms with Crippen molar-refractivity contribution in [3.63, 3.8) is 0 Å². The van der Waals surface area contributed by atoms with Gasteiger partial charge in [0.25, 0.3) is 0 Å². The highest BCUT2D eigenvalue weighted by Crippen LogP contribution is 2.41. The van der Waals surface area contributed by atoms with E-state index < -0.39 is 15.4 Å². The molecule has 138 valence electrons. The molecule has 6 heteroatoms. The molecular formula is C18H32N2O3S. The number of hydrogen-bond donors (Lipinski definition) is 0. The highest BCUT2D eigenvalue weighted by Gasteiger charge is 2.50. The first-order valence-electron chi connectivity index (χ1n) is 9.74. The van der Waals surface area contributed by atoms with Gasteiger partial charge in [0.1, 0.15) is 0 Å². The van der Waals surface area contributed by atoms with Gasteiger partial charge in [-0.3, -0.25) is 4.79 Å². The van der Waals surface area contributed by atoms with Gasteiger partial charge in [-0.1, -0.05) is 26.2 Å². The van der Waals surface area contributed by atoms with Gasteiger partial charge >= 0.3 is 0 Å². The molecule has 1 saturated carbocycles. The number of nitrogens with zero attached hydrogens (tertiary/aromatic N) is 2. The van der Waals surface area contributed by atoms with Crippen molar-refractivity contribution in [3.8, 4) is 0 Å². The molecule has 2 saturated heterocycles. The summed E-state index contributed by atoms with van der Waals surface area (Å²) in [5, 5.41) is 0. The summed E-state index contributed by atoms with van der Waals surface area (Å²) in [4.78, 5) is 15.2. The maximum atomic E-state index is 13.2. The molecule has 1 unspecified atom stereocenters. The van der Waals surface area contributed by atoms with E-state index in [0.717, 1.165) is 25.9 Å². The number of piperidine rings is 1. The molecule has 0 N–H and O–H groups in total. The molecule has 2 aliphatic heterocycles. The van der Waals surface area contributed by atoms with Gasteiger partial charge in [0.2, 0.25) is 15.9 Å². The number of rotatable bonds is 5. The molecule has 24 heavy (non-hydrogen) atoms.